The highest BCUT2D eigenvalue weighted by molar-refractivity contribution is 5.79. The van der Waals surface area contributed by atoms with Crippen LogP contribution in [0.3, 0.4) is 0 Å². The Labute approximate surface area is 499 Å². The van der Waals surface area contributed by atoms with Gasteiger partial charge in [-0.3, -0.25) is 4.79 Å². The Morgan fingerprint density at radius 2 is 1.07 bits per heavy atom. The first-order valence-corrected chi connectivity index (χ1v) is 30.8. The van der Waals surface area contributed by atoms with E-state index < -0.39 is 196 Å². The van der Waals surface area contributed by atoms with Gasteiger partial charge in [0.1, 0.15) is 110 Å². The van der Waals surface area contributed by atoms with Crippen LogP contribution in [0.15, 0.2) is 11.6 Å². The second-order valence-corrected chi connectivity index (χ2v) is 28.5. The molecule has 5 saturated heterocycles. The van der Waals surface area contributed by atoms with Crippen molar-refractivity contribution in [2.75, 3.05) is 33.0 Å². The van der Waals surface area contributed by atoms with Crippen molar-refractivity contribution < 1.29 is 134 Å². The quantitative estimate of drug-likeness (QED) is 0.0454. The molecule has 0 aromatic heterocycles. The van der Waals surface area contributed by atoms with Crippen molar-refractivity contribution in [3.63, 3.8) is 0 Å². The fourth-order valence-electron chi connectivity index (χ4n) is 17.7. The van der Waals surface area contributed by atoms with Crippen molar-refractivity contribution in [2.24, 2.45) is 50.2 Å². The molecule has 9 fully saturated rings. The molecular formula is C59H96O27. The normalized spacial score (nSPS) is 54.8. The summed E-state index contributed by atoms with van der Waals surface area (Å²) in [5.41, 5.74) is -2.06. The average molecular weight is 1240 g/mol. The highest BCUT2D eigenvalue weighted by atomic mass is 16.8. The third-order valence-electron chi connectivity index (χ3n) is 23.3. The van der Waals surface area contributed by atoms with E-state index in [0.29, 0.717) is 57.8 Å². The van der Waals surface area contributed by atoms with E-state index in [1.165, 1.54) is 12.5 Å². The van der Waals surface area contributed by atoms with Gasteiger partial charge in [0.05, 0.1) is 50.7 Å². The number of hydrogen-bond acceptors (Lipinski definition) is 27. The standard InChI is InChI=1S/C59H96O27/c1-24-34(65)37(68)41(72)48(78-24)83-45-29(20-61)80-50(43(74)39(45)70)84-46-30(21-62)81-51(44(75)40(46)71)86-53(76)59-16-14-54(2,3)18-26(59)25-8-9-32-55(4)12-11-33(56(5,23-63)31(55)10-13-58(32,7)57(25,6)15-17-59)82-52-47(35(66)27(64)22-77-52)85-49-42(73)38(69)36(67)28(19-60)79-49/h8,24,26-52,60-75H,9-23H2,1-7H3. The molecule has 86 heavy (non-hydrogen) atoms. The van der Waals surface area contributed by atoms with Gasteiger partial charge >= 0.3 is 5.97 Å². The Balaban J connectivity index is 0.836. The lowest BCUT2D eigenvalue weighted by molar-refractivity contribution is -0.377. The zero-order valence-corrected chi connectivity index (χ0v) is 50.0. The first-order valence-electron chi connectivity index (χ1n) is 30.8. The van der Waals surface area contributed by atoms with Gasteiger partial charge in [-0.15, -0.1) is 0 Å². The van der Waals surface area contributed by atoms with Crippen LogP contribution in [-0.4, -0.2) is 274 Å². The first-order chi connectivity index (χ1) is 40.4. The van der Waals surface area contributed by atoms with Gasteiger partial charge in [-0.25, -0.2) is 0 Å². The van der Waals surface area contributed by atoms with Crippen molar-refractivity contribution in [1.82, 2.24) is 0 Å². The van der Waals surface area contributed by atoms with Crippen molar-refractivity contribution >= 4 is 5.97 Å². The molecular weight excluding hydrogens is 1140 g/mol. The van der Waals surface area contributed by atoms with E-state index in [0.717, 1.165) is 6.42 Å². The molecule has 16 N–H and O–H groups in total. The molecule has 494 valence electrons. The Kier molecular flexibility index (Phi) is 19.4. The van der Waals surface area contributed by atoms with Gasteiger partial charge in [0.15, 0.2) is 25.2 Å². The molecule has 10 rings (SSSR count). The lowest BCUT2D eigenvalue weighted by Crippen LogP contribution is -2.67. The van der Waals surface area contributed by atoms with Crippen LogP contribution < -0.4 is 0 Å². The van der Waals surface area contributed by atoms with Crippen LogP contribution in [0.2, 0.25) is 0 Å². The van der Waals surface area contributed by atoms with Gasteiger partial charge in [0.2, 0.25) is 6.29 Å². The molecule has 5 aliphatic carbocycles. The van der Waals surface area contributed by atoms with Gasteiger partial charge < -0.3 is 129 Å². The van der Waals surface area contributed by atoms with Crippen molar-refractivity contribution in [3.05, 3.63) is 11.6 Å². The number of rotatable bonds is 14. The number of fused-ring (bicyclic) bond motifs is 7. The van der Waals surface area contributed by atoms with E-state index >= 15 is 4.79 Å². The second-order valence-electron chi connectivity index (χ2n) is 28.5. The Bertz CT molecular complexity index is 2380. The van der Waals surface area contributed by atoms with Gasteiger partial charge in [-0.05, 0) is 111 Å². The van der Waals surface area contributed by atoms with E-state index in [-0.39, 0.29) is 47.2 Å². The summed E-state index contributed by atoms with van der Waals surface area (Å²) >= 11 is 0. The summed E-state index contributed by atoms with van der Waals surface area (Å²) in [5, 5.41) is 173. The first kappa shape index (κ1) is 67.1. The maximum absolute atomic E-state index is 15.2. The highest BCUT2D eigenvalue weighted by Gasteiger charge is 2.71. The number of aliphatic hydroxyl groups is 16. The Hall–Kier alpha value is -1.79. The Morgan fingerprint density at radius 3 is 1.67 bits per heavy atom. The second kappa shape index (κ2) is 24.9. The average Bonchev–Trinajstić information content (AvgIpc) is 0.680. The van der Waals surface area contributed by atoms with Crippen molar-refractivity contribution in [1.29, 1.82) is 0 Å². The predicted octanol–water partition coefficient (Wildman–Crippen LogP) is -3.57. The molecule has 0 bridgehead atoms. The summed E-state index contributed by atoms with van der Waals surface area (Å²) in [7, 11) is 0. The third-order valence-corrected chi connectivity index (χ3v) is 23.3. The summed E-state index contributed by atoms with van der Waals surface area (Å²) in [6.45, 7) is 11.7. The molecule has 33 atom stereocenters. The molecule has 27 nitrogen and oxygen atoms in total. The lowest BCUT2D eigenvalue weighted by Gasteiger charge is -2.71. The van der Waals surface area contributed by atoms with Crippen LogP contribution in [0.25, 0.3) is 0 Å². The summed E-state index contributed by atoms with van der Waals surface area (Å²) < 4.78 is 59.4. The number of ether oxygens (including phenoxy) is 10. The topological polar surface area (TPSA) is 433 Å². The van der Waals surface area contributed by atoms with Gasteiger partial charge in [-0.1, -0.05) is 53.2 Å². The largest absolute Gasteiger partial charge is 0.432 e. The number of aliphatic hydroxyl groups excluding tert-OH is 16. The number of hydrogen-bond donors (Lipinski definition) is 16. The van der Waals surface area contributed by atoms with E-state index in [4.69, 9.17) is 47.4 Å². The molecule has 0 aromatic rings. The molecule has 10 aliphatic rings. The van der Waals surface area contributed by atoms with Crippen molar-refractivity contribution in [2.45, 2.75) is 266 Å². The minimum atomic E-state index is -1.98. The summed E-state index contributed by atoms with van der Waals surface area (Å²) in [4.78, 5) is 15.2. The van der Waals surface area contributed by atoms with E-state index in [1.54, 1.807) is 0 Å². The molecule has 0 spiro atoms. The van der Waals surface area contributed by atoms with E-state index in [9.17, 15) is 81.7 Å². The summed E-state index contributed by atoms with van der Waals surface area (Å²) in [6.07, 6.45) is -31.6. The van der Waals surface area contributed by atoms with Gasteiger partial charge in [0, 0.05) is 5.41 Å². The van der Waals surface area contributed by atoms with Crippen LogP contribution in [0, 0.1) is 50.2 Å². The molecule has 5 heterocycles. The number of esters is 1. The third kappa shape index (κ3) is 11.1. The maximum atomic E-state index is 15.2. The van der Waals surface area contributed by atoms with Gasteiger partial charge in [0.25, 0.3) is 0 Å². The fraction of sp³-hybridized carbons (Fsp3) is 0.949. The molecule has 5 aliphatic heterocycles. The van der Waals surface area contributed by atoms with Crippen LogP contribution >= 0.6 is 0 Å². The molecule has 0 radical (unpaired) electrons. The monoisotopic (exact) mass is 1240 g/mol. The van der Waals surface area contributed by atoms with E-state index in [2.05, 4.69) is 40.7 Å². The van der Waals surface area contributed by atoms with Crippen LogP contribution in [-0.2, 0) is 52.2 Å². The predicted molar refractivity (Wildman–Crippen MR) is 289 cm³/mol. The fourth-order valence-corrected chi connectivity index (χ4v) is 17.7. The number of carbonyl (C=O) groups excluding carboxylic acids is 1. The summed E-state index contributed by atoms with van der Waals surface area (Å²) in [6, 6.07) is 0. The molecule has 27 heteroatoms. The zero-order valence-electron chi connectivity index (χ0n) is 50.0. The maximum Gasteiger partial charge on any atom is 0.315 e. The van der Waals surface area contributed by atoms with Crippen LogP contribution in [0.4, 0.5) is 0 Å². The van der Waals surface area contributed by atoms with Crippen LogP contribution in [0.1, 0.15) is 113 Å². The SMILES string of the molecule is CC1OC(OC2C(CO)OC(OC3C(CO)OC(OC(=O)C45CCC(C)(C)CC4C4=CCC6C7(C)CCC(OC8OCC(O)C(O)C8OC8OC(CO)C(O)C(O)C8O)C(C)(CO)C7CCC6(C)C4(C)CC5)C(O)C3O)C(O)C2O)C(O)C(O)C1O. The minimum Gasteiger partial charge on any atom is -0.432 e. The zero-order chi connectivity index (χ0) is 62.7. The number of allylic oxidation sites excluding steroid dienone is 2. The van der Waals surface area contributed by atoms with E-state index in [1.807, 2.05) is 6.92 Å². The molecule has 4 saturated carbocycles. The lowest BCUT2D eigenvalue weighted by atomic mass is 9.33. The smallest absolute Gasteiger partial charge is 0.315 e. The van der Waals surface area contributed by atoms with Gasteiger partial charge in [-0.2, -0.15) is 0 Å². The summed E-state index contributed by atoms with van der Waals surface area (Å²) in [5.74, 6) is -0.933. The van der Waals surface area contributed by atoms with Crippen molar-refractivity contribution in [3.8, 4) is 0 Å². The molecule has 0 amide bonds. The molecule has 33 unspecified atom stereocenters. The Morgan fingerprint density at radius 1 is 0.535 bits per heavy atom. The highest BCUT2D eigenvalue weighted by Crippen LogP contribution is 2.76. The minimum absolute atomic E-state index is 0.0953. The van der Waals surface area contributed by atoms with Crippen LogP contribution in [0.5, 0.6) is 0 Å². The number of carbonyl (C=O) groups is 1. The molecule has 0 aromatic carbocycles.